The molecule has 0 radical (unpaired) electrons. The van der Waals surface area contributed by atoms with Gasteiger partial charge in [-0.25, -0.2) is 4.39 Å². The maximum atomic E-state index is 13.7. The Kier molecular flexibility index (Phi) is 3.90. The third-order valence-electron chi connectivity index (χ3n) is 4.03. The molecule has 0 aliphatic carbocycles. The molecule has 0 atom stereocenters. The molecule has 1 aromatic carbocycles. The maximum Gasteiger partial charge on any atom is 0.494 e. The van der Waals surface area contributed by atoms with Crippen LogP contribution in [-0.4, -0.2) is 18.3 Å². The Morgan fingerprint density at radius 1 is 1.15 bits per heavy atom. The van der Waals surface area contributed by atoms with Crippen molar-refractivity contribution in [2.45, 2.75) is 51.7 Å². The van der Waals surface area contributed by atoms with Gasteiger partial charge >= 0.3 is 7.12 Å². The summed E-state index contributed by atoms with van der Waals surface area (Å²) in [6.45, 7) is 7.84. The highest BCUT2D eigenvalue weighted by atomic mass is 19.1. The van der Waals surface area contributed by atoms with E-state index in [4.69, 9.17) is 14.6 Å². The second-order valence-electron chi connectivity index (χ2n) is 6.14. The van der Waals surface area contributed by atoms with Gasteiger partial charge in [0.2, 0.25) is 0 Å². The van der Waals surface area contributed by atoms with Crippen LogP contribution < -0.4 is 5.46 Å². The molecule has 0 saturated carbocycles. The first-order valence-electron chi connectivity index (χ1n) is 6.77. The van der Waals surface area contributed by atoms with Crippen molar-refractivity contribution in [1.82, 2.24) is 0 Å². The van der Waals surface area contributed by atoms with Crippen molar-refractivity contribution in [2.24, 2.45) is 0 Å². The van der Waals surface area contributed by atoms with Crippen molar-refractivity contribution in [3.63, 3.8) is 0 Å². The van der Waals surface area contributed by atoms with Crippen LogP contribution in [0.5, 0.6) is 0 Å². The monoisotopic (exact) mass is 275 g/mol. The van der Waals surface area contributed by atoms with Crippen LogP contribution in [-0.2, 0) is 15.7 Å². The third-order valence-corrected chi connectivity index (χ3v) is 4.03. The predicted molar refractivity (Wildman–Crippen MR) is 76.1 cm³/mol. The summed E-state index contributed by atoms with van der Waals surface area (Å²) in [4.78, 5) is 0. The van der Waals surface area contributed by atoms with Gasteiger partial charge in [0.1, 0.15) is 5.82 Å². The maximum absolute atomic E-state index is 13.7. The first kappa shape index (κ1) is 15.0. The molecule has 1 heterocycles. The van der Waals surface area contributed by atoms with Crippen molar-refractivity contribution in [3.05, 3.63) is 29.6 Å². The van der Waals surface area contributed by atoms with E-state index in [2.05, 4.69) is 6.07 Å². The van der Waals surface area contributed by atoms with Crippen LogP contribution in [0.2, 0.25) is 0 Å². The fourth-order valence-corrected chi connectivity index (χ4v) is 2.14. The number of nitriles is 1. The zero-order chi connectivity index (χ0) is 15.0. The molecule has 5 heteroatoms. The van der Waals surface area contributed by atoms with Crippen molar-refractivity contribution < 1.29 is 13.7 Å². The van der Waals surface area contributed by atoms with Gasteiger partial charge in [0.25, 0.3) is 0 Å². The lowest BCUT2D eigenvalue weighted by atomic mass is 9.78. The molecule has 0 bridgehead atoms. The van der Waals surface area contributed by atoms with Crippen molar-refractivity contribution in [1.29, 1.82) is 5.26 Å². The number of halogens is 1. The Bertz CT molecular complexity index is 535. The van der Waals surface area contributed by atoms with Gasteiger partial charge in [-0.1, -0.05) is 6.07 Å². The van der Waals surface area contributed by atoms with E-state index in [9.17, 15) is 4.39 Å². The molecule has 2 rings (SSSR count). The van der Waals surface area contributed by atoms with E-state index in [1.165, 1.54) is 12.1 Å². The fraction of sp³-hybridized carbons (Fsp3) is 0.533. The van der Waals surface area contributed by atoms with Gasteiger partial charge in [0.15, 0.2) is 0 Å². The van der Waals surface area contributed by atoms with Crippen LogP contribution in [0.3, 0.4) is 0 Å². The number of benzene rings is 1. The highest BCUT2D eigenvalue weighted by Gasteiger charge is 2.51. The molecular weight excluding hydrogens is 256 g/mol. The summed E-state index contributed by atoms with van der Waals surface area (Å²) < 4.78 is 25.5. The smallest absolute Gasteiger partial charge is 0.399 e. The molecule has 1 saturated heterocycles. The average molecular weight is 275 g/mol. The van der Waals surface area contributed by atoms with Crippen molar-refractivity contribution in [3.8, 4) is 6.07 Å². The van der Waals surface area contributed by atoms with Crippen LogP contribution in [0.15, 0.2) is 18.2 Å². The van der Waals surface area contributed by atoms with Gasteiger partial charge in [-0.2, -0.15) is 5.26 Å². The number of aryl methyl sites for hydroxylation is 1. The first-order chi connectivity index (χ1) is 9.25. The highest BCUT2D eigenvalue weighted by Crippen LogP contribution is 2.36. The molecule has 1 aliphatic heterocycles. The van der Waals surface area contributed by atoms with Crippen LogP contribution in [0, 0.1) is 17.1 Å². The molecule has 0 unspecified atom stereocenters. The predicted octanol–water partition coefficient (Wildman–Crippen LogP) is 2.58. The summed E-state index contributed by atoms with van der Waals surface area (Å²) >= 11 is 0. The molecule has 1 aromatic rings. The lowest BCUT2D eigenvalue weighted by Gasteiger charge is -2.32. The molecule has 0 aromatic heterocycles. The minimum Gasteiger partial charge on any atom is -0.399 e. The van der Waals surface area contributed by atoms with Crippen LogP contribution >= 0.6 is 0 Å². The summed E-state index contributed by atoms with van der Waals surface area (Å²) in [6.07, 6.45) is 0.896. The van der Waals surface area contributed by atoms with Gasteiger partial charge in [-0.05, 0) is 57.3 Å². The highest BCUT2D eigenvalue weighted by molar-refractivity contribution is 6.62. The van der Waals surface area contributed by atoms with Gasteiger partial charge < -0.3 is 9.31 Å². The zero-order valence-electron chi connectivity index (χ0n) is 12.4. The number of rotatable bonds is 3. The second-order valence-corrected chi connectivity index (χ2v) is 6.14. The topological polar surface area (TPSA) is 42.2 Å². The summed E-state index contributed by atoms with van der Waals surface area (Å²) in [5, 5.41) is 8.62. The fourth-order valence-electron chi connectivity index (χ4n) is 2.14. The summed E-state index contributed by atoms with van der Waals surface area (Å²) in [5.74, 6) is -0.329. The molecular formula is C15H19BFNO2. The van der Waals surface area contributed by atoms with Gasteiger partial charge in [0, 0.05) is 6.42 Å². The Morgan fingerprint density at radius 2 is 1.75 bits per heavy atom. The van der Waals surface area contributed by atoms with E-state index in [-0.39, 0.29) is 5.82 Å². The molecule has 1 aliphatic rings. The quantitative estimate of drug-likeness (QED) is 0.796. The molecule has 20 heavy (non-hydrogen) atoms. The Hall–Kier alpha value is -1.38. The summed E-state index contributed by atoms with van der Waals surface area (Å²) in [7, 11) is -0.573. The van der Waals surface area contributed by atoms with E-state index in [1.54, 1.807) is 0 Å². The second kappa shape index (κ2) is 5.19. The third kappa shape index (κ3) is 2.87. The minimum atomic E-state index is -0.573. The number of nitrogens with zero attached hydrogens (tertiary/aromatic N) is 1. The van der Waals surface area contributed by atoms with Gasteiger partial charge in [-0.3, -0.25) is 0 Å². The summed E-state index contributed by atoms with van der Waals surface area (Å²) in [5.41, 5.74) is 0.556. The van der Waals surface area contributed by atoms with E-state index in [0.29, 0.717) is 18.3 Å². The van der Waals surface area contributed by atoms with E-state index in [1.807, 2.05) is 33.8 Å². The number of hydrogen-bond acceptors (Lipinski definition) is 3. The van der Waals surface area contributed by atoms with Gasteiger partial charge in [0.05, 0.1) is 17.3 Å². The Balaban J connectivity index is 2.26. The van der Waals surface area contributed by atoms with Crippen LogP contribution in [0.25, 0.3) is 0 Å². The summed E-state index contributed by atoms with van der Waals surface area (Å²) in [6, 6.07) is 6.79. The lowest BCUT2D eigenvalue weighted by Crippen LogP contribution is -2.41. The van der Waals surface area contributed by atoms with Crippen LogP contribution in [0.4, 0.5) is 4.39 Å². The minimum absolute atomic E-state index is 0.329. The zero-order valence-corrected chi connectivity index (χ0v) is 12.4. The SMILES string of the molecule is CC1(C)OB(c2cc(F)cc(CCC#N)c2)OC1(C)C. The van der Waals surface area contributed by atoms with E-state index < -0.39 is 18.3 Å². The molecule has 1 fully saturated rings. The van der Waals surface area contributed by atoms with Crippen molar-refractivity contribution in [2.75, 3.05) is 0 Å². The number of hydrogen-bond donors (Lipinski definition) is 0. The molecule has 0 amide bonds. The van der Waals surface area contributed by atoms with E-state index >= 15 is 0 Å². The normalized spacial score (nSPS) is 19.9. The van der Waals surface area contributed by atoms with Crippen LogP contribution in [0.1, 0.15) is 39.7 Å². The lowest BCUT2D eigenvalue weighted by molar-refractivity contribution is 0.00578. The van der Waals surface area contributed by atoms with Crippen molar-refractivity contribution >= 4 is 12.6 Å². The van der Waals surface area contributed by atoms with E-state index in [0.717, 1.165) is 5.56 Å². The molecule has 106 valence electrons. The Morgan fingerprint density at radius 3 is 2.30 bits per heavy atom. The average Bonchev–Trinajstić information content (AvgIpc) is 2.55. The molecule has 0 spiro atoms. The molecule has 0 N–H and O–H groups in total. The Labute approximate surface area is 119 Å². The first-order valence-corrected chi connectivity index (χ1v) is 6.77. The molecule has 3 nitrogen and oxygen atoms in total. The standard InChI is InChI=1S/C15H19BFNO2/c1-14(2)15(3,4)20-16(19-14)12-8-11(6-5-7-18)9-13(17)10-12/h8-10H,5-6H2,1-4H3. The van der Waals surface area contributed by atoms with Gasteiger partial charge in [-0.15, -0.1) is 0 Å². The largest absolute Gasteiger partial charge is 0.494 e.